The van der Waals surface area contributed by atoms with Gasteiger partial charge in [-0.25, -0.2) is 0 Å². The number of aliphatic imine (C=N–C) groups is 2. The third-order valence-electron chi connectivity index (χ3n) is 6.99. The van der Waals surface area contributed by atoms with Gasteiger partial charge in [-0.1, -0.05) is 61.5 Å². The Labute approximate surface area is 234 Å². The minimum atomic E-state index is -4.38. The number of rotatable bonds is 13. The number of hydrogen-bond acceptors (Lipinski definition) is 4. The molecule has 1 saturated heterocycles. The van der Waals surface area contributed by atoms with Crippen molar-refractivity contribution < 1.29 is 23.1 Å². The molecule has 1 aliphatic rings. The van der Waals surface area contributed by atoms with Gasteiger partial charge < -0.3 is 10.0 Å². The van der Waals surface area contributed by atoms with E-state index in [1.807, 2.05) is 32.1 Å². The molecule has 0 aliphatic carbocycles. The average Bonchev–Trinajstić information content (AvgIpc) is 3.40. The molecule has 1 N–H and O–H groups in total. The highest BCUT2D eigenvalue weighted by atomic mass is 19.4. The molecule has 214 valence electrons. The van der Waals surface area contributed by atoms with Gasteiger partial charge in [-0.3, -0.25) is 14.8 Å². The van der Waals surface area contributed by atoms with Gasteiger partial charge in [-0.15, -0.1) is 0 Å². The molecule has 1 fully saturated rings. The van der Waals surface area contributed by atoms with E-state index in [-0.39, 0.29) is 12.3 Å². The van der Waals surface area contributed by atoms with Crippen molar-refractivity contribution in [2.75, 3.05) is 19.6 Å². The van der Waals surface area contributed by atoms with Gasteiger partial charge in [0.25, 0.3) is 0 Å². The lowest BCUT2D eigenvalue weighted by Gasteiger charge is -2.15. The SMILES string of the molecule is C/C=C(N=Cc1ccc(C(F)(F)F)cc1)\C(=C/CCN1CC[C@H](c2ccccc2)C1)N=CCCC(C)CC(=O)O. The van der Waals surface area contributed by atoms with Crippen molar-refractivity contribution in [3.63, 3.8) is 0 Å². The maximum atomic E-state index is 12.9. The maximum absolute atomic E-state index is 12.9. The van der Waals surface area contributed by atoms with Crippen LogP contribution >= 0.6 is 0 Å². The van der Waals surface area contributed by atoms with Gasteiger partial charge in [0.05, 0.1) is 17.0 Å². The van der Waals surface area contributed by atoms with Gasteiger partial charge in [0, 0.05) is 31.9 Å². The normalized spacial score (nSPS) is 18.2. The molecular weight excluding hydrogens is 515 g/mol. The third kappa shape index (κ3) is 10.2. The van der Waals surface area contributed by atoms with Crippen molar-refractivity contribution in [1.82, 2.24) is 4.90 Å². The van der Waals surface area contributed by atoms with Crippen LogP contribution in [-0.2, 0) is 11.0 Å². The maximum Gasteiger partial charge on any atom is 0.416 e. The second-order valence-electron chi connectivity index (χ2n) is 10.2. The van der Waals surface area contributed by atoms with Crippen molar-refractivity contribution in [3.8, 4) is 0 Å². The molecule has 2 aromatic rings. The number of allylic oxidation sites excluding steroid dienone is 1. The van der Waals surface area contributed by atoms with Crippen LogP contribution in [0.25, 0.3) is 0 Å². The van der Waals surface area contributed by atoms with E-state index in [1.165, 1.54) is 17.7 Å². The highest BCUT2D eigenvalue weighted by Gasteiger charge is 2.29. The van der Waals surface area contributed by atoms with Crippen molar-refractivity contribution in [1.29, 1.82) is 0 Å². The second kappa shape index (κ2) is 15.3. The van der Waals surface area contributed by atoms with E-state index in [2.05, 4.69) is 39.2 Å². The van der Waals surface area contributed by atoms with Gasteiger partial charge in [0.1, 0.15) is 0 Å². The average molecular weight is 554 g/mol. The molecule has 0 radical (unpaired) electrons. The summed E-state index contributed by atoms with van der Waals surface area (Å²) in [6, 6.07) is 15.4. The first-order chi connectivity index (χ1) is 19.2. The van der Waals surface area contributed by atoms with Gasteiger partial charge in [0.2, 0.25) is 0 Å². The Hall–Kier alpha value is -3.52. The molecule has 0 spiro atoms. The summed E-state index contributed by atoms with van der Waals surface area (Å²) in [6.07, 6.45) is 6.20. The van der Waals surface area contributed by atoms with Crippen LogP contribution in [0.1, 0.15) is 68.6 Å². The van der Waals surface area contributed by atoms with Crippen LogP contribution in [-0.4, -0.2) is 48.0 Å². The van der Waals surface area contributed by atoms with Crippen LogP contribution in [0.4, 0.5) is 13.2 Å². The number of alkyl halides is 3. The van der Waals surface area contributed by atoms with Gasteiger partial charge in [-0.05, 0) is 74.2 Å². The topological polar surface area (TPSA) is 65.3 Å². The Morgan fingerprint density at radius 1 is 1.07 bits per heavy atom. The number of halogens is 3. The van der Waals surface area contributed by atoms with E-state index in [9.17, 15) is 18.0 Å². The monoisotopic (exact) mass is 553 g/mol. The molecule has 1 heterocycles. The zero-order valence-electron chi connectivity index (χ0n) is 23.1. The summed E-state index contributed by atoms with van der Waals surface area (Å²) in [5, 5.41) is 8.98. The van der Waals surface area contributed by atoms with Gasteiger partial charge in [-0.2, -0.15) is 13.2 Å². The van der Waals surface area contributed by atoms with E-state index in [0.717, 1.165) is 44.6 Å². The predicted octanol–water partition coefficient (Wildman–Crippen LogP) is 7.75. The van der Waals surface area contributed by atoms with E-state index in [0.29, 0.717) is 35.7 Å². The second-order valence-corrected chi connectivity index (χ2v) is 10.2. The summed E-state index contributed by atoms with van der Waals surface area (Å²) >= 11 is 0. The lowest BCUT2D eigenvalue weighted by Crippen LogP contribution is -2.21. The molecule has 1 aliphatic heterocycles. The van der Waals surface area contributed by atoms with Gasteiger partial charge >= 0.3 is 12.1 Å². The van der Waals surface area contributed by atoms with Crippen molar-refractivity contribution in [3.05, 3.63) is 94.8 Å². The lowest BCUT2D eigenvalue weighted by molar-refractivity contribution is -0.138. The summed E-state index contributed by atoms with van der Waals surface area (Å²) in [4.78, 5) is 22.6. The van der Waals surface area contributed by atoms with Gasteiger partial charge in [0.15, 0.2) is 0 Å². The minimum Gasteiger partial charge on any atom is -0.481 e. The molecule has 2 atom stereocenters. The van der Waals surface area contributed by atoms with Crippen LogP contribution in [0.2, 0.25) is 0 Å². The van der Waals surface area contributed by atoms with Crippen molar-refractivity contribution in [2.24, 2.45) is 15.9 Å². The molecule has 0 amide bonds. The summed E-state index contributed by atoms with van der Waals surface area (Å²) < 4.78 is 38.7. The molecule has 2 aromatic carbocycles. The van der Waals surface area contributed by atoms with E-state index in [1.54, 1.807) is 12.4 Å². The van der Waals surface area contributed by atoms with Crippen LogP contribution in [0, 0.1) is 5.92 Å². The largest absolute Gasteiger partial charge is 0.481 e. The lowest BCUT2D eigenvalue weighted by atomic mass is 9.99. The van der Waals surface area contributed by atoms with Crippen LogP contribution in [0.5, 0.6) is 0 Å². The first-order valence-electron chi connectivity index (χ1n) is 13.8. The zero-order chi connectivity index (χ0) is 29.0. The predicted molar refractivity (Wildman–Crippen MR) is 155 cm³/mol. The Balaban J connectivity index is 1.67. The highest BCUT2D eigenvalue weighted by molar-refractivity contribution is 5.81. The minimum absolute atomic E-state index is 0.0444. The van der Waals surface area contributed by atoms with E-state index < -0.39 is 17.7 Å². The Morgan fingerprint density at radius 2 is 1.80 bits per heavy atom. The summed E-state index contributed by atoms with van der Waals surface area (Å²) in [6.45, 7) is 6.69. The number of carbonyl (C=O) groups is 1. The fraction of sp³-hybridized carbons (Fsp3) is 0.406. The Kier molecular flexibility index (Phi) is 11.9. The molecule has 8 heteroatoms. The van der Waals surface area contributed by atoms with E-state index >= 15 is 0 Å². The van der Waals surface area contributed by atoms with E-state index in [4.69, 9.17) is 5.11 Å². The number of carboxylic acids is 1. The number of carboxylic acid groups (broad SMARTS) is 1. The molecular formula is C32H38F3N3O2. The fourth-order valence-corrected chi connectivity index (χ4v) is 4.75. The summed E-state index contributed by atoms with van der Waals surface area (Å²) in [5.74, 6) is -0.229. The molecule has 40 heavy (non-hydrogen) atoms. The van der Waals surface area contributed by atoms with Crippen molar-refractivity contribution in [2.45, 2.75) is 58.0 Å². The number of likely N-dealkylation sites (tertiary alicyclic amines) is 1. The number of hydrogen-bond donors (Lipinski definition) is 1. The highest BCUT2D eigenvalue weighted by Crippen LogP contribution is 2.29. The molecule has 3 rings (SSSR count). The molecule has 0 bridgehead atoms. The van der Waals surface area contributed by atoms with Crippen LogP contribution in [0.15, 0.2) is 88.1 Å². The Bertz CT molecular complexity index is 1200. The molecule has 0 aromatic heterocycles. The summed E-state index contributed by atoms with van der Waals surface area (Å²) in [5.41, 5.74) is 2.54. The third-order valence-corrected chi connectivity index (χ3v) is 6.99. The first kappa shape index (κ1) is 31.0. The van der Waals surface area contributed by atoms with Crippen molar-refractivity contribution >= 4 is 18.4 Å². The zero-order valence-corrected chi connectivity index (χ0v) is 23.1. The molecule has 1 unspecified atom stereocenters. The summed E-state index contributed by atoms with van der Waals surface area (Å²) in [7, 11) is 0. The first-order valence-corrected chi connectivity index (χ1v) is 13.8. The quantitative estimate of drug-likeness (QED) is 0.204. The van der Waals surface area contributed by atoms with Crippen LogP contribution < -0.4 is 0 Å². The number of aliphatic carboxylic acids is 1. The fourth-order valence-electron chi connectivity index (χ4n) is 4.75. The molecule has 5 nitrogen and oxygen atoms in total. The standard InChI is InChI=1S/C32H38F3N3O2/c1-3-29(37-22-25-13-15-28(16-14-25)32(33,34)35)30(36-18-7-9-24(2)21-31(39)40)12-8-19-38-20-17-27(23-38)26-10-5-4-6-11-26/h3-6,10-16,18,22,24,27H,7-9,17,19-21,23H2,1-2H3,(H,39,40)/b29-3+,30-12+,36-18?,37-22?/t24?,27-/m0/s1. The smallest absolute Gasteiger partial charge is 0.416 e. The van der Waals surface area contributed by atoms with Crippen LogP contribution in [0.3, 0.4) is 0 Å². The Morgan fingerprint density at radius 3 is 2.45 bits per heavy atom. The molecule has 0 saturated carbocycles. The number of benzene rings is 2. The number of nitrogens with zero attached hydrogens (tertiary/aromatic N) is 3.